The van der Waals surface area contributed by atoms with Crippen LogP contribution in [0.4, 0.5) is 0 Å². The van der Waals surface area contributed by atoms with Crippen LogP contribution < -0.4 is 0 Å². The van der Waals surface area contributed by atoms with E-state index in [1.54, 1.807) is 17.1 Å². The van der Waals surface area contributed by atoms with Crippen molar-refractivity contribution in [2.45, 2.75) is 32.2 Å². The summed E-state index contributed by atoms with van der Waals surface area (Å²) in [5.74, 6) is 0.211. The summed E-state index contributed by atoms with van der Waals surface area (Å²) in [5, 5.41) is 4.71. The lowest BCUT2D eigenvalue weighted by Crippen LogP contribution is -2.46. The zero-order valence-corrected chi connectivity index (χ0v) is 12.3. The first-order valence-electron chi connectivity index (χ1n) is 7.20. The molecular formula is C14H20ClN3O2. The number of carbonyl (C=O) groups is 1. The smallest absolute Gasteiger partial charge is 0.224 e. The zero-order chi connectivity index (χ0) is 14.0. The number of aryl methyl sites for hydroxylation is 1. The molecule has 110 valence electrons. The summed E-state index contributed by atoms with van der Waals surface area (Å²) in [6.45, 7) is 3.97. The summed E-state index contributed by atoms with van der Waals surface area (Å²) >= 11 is 5.81. The molecule has 1 atom stereocenters. The molecule has 0 unspecified atom stereocenters. The van der Waals surface area contributed by atoms with Crippen molar-refractivity contribution in [2.24, 2.45) is 5.41 Å². The first kappa shape index (κ1) is 13.9. The molecule has 0 aliphatic carbocycles. The maximum Gasteiger partial charge on any atom is 0.224 e. The fourth-order valence-electron chi connectivity index (χ4n) is 3.22. The Morgan fingerprint density at radius 3 is 3.10 bits per heavy atom. The summed E-state index contributed by atoms with van der Waals surface area (Å²) in [6, 6.07) is 0. The van der Waals surface area contributed by atoms with E-state index in [0.717, 1.165) is 39.1 Å². The van der Waals surface area contributed by atoms with Crippen LogP contribution in [0.25, 0.3) is 0 Å². The summed E-state index contributed by atoms with van der Waals surface area (Å²) in [5.41, 5.74) is 0.225. The second-order valence-corrected chi connectivity index (χ2v) is 6.33. The quantitative estimate of drug-likeness (QED) is 0.857. The number of halogens is 1. The van der Waals surface area contributed by atoms with Gasteiger partial charge in [0.1, 0.15) is 0 Å². The van der Waals surface area contributed by atoms with Gasteiger partial charge in [0.25, 0.3) is 0 Å². The Bertz CT molecular complexity index is 483. The van der Waals surface area contributed by atoms with Crippen molar-refractivity contribution in [1.29, 1.82) is 0 Å². The Labute approximate surface area is 123 Å². The fraction of sp³-hybridized carbons (Fsp3) is 0.714. The normalized spacial score (nSPS) is 26.4. The molecule has 0 radical (unpaired) electrons. The highest BCUT2D eigenvalue weighted by atomic mass is 35.5. The standard InChI is InChI=1S/C14H20ClN3O2/c15-12-8-16-18(9-12)6-2-13(19)17-5-1-3-14(10-17)4-7-20-11-14/h8-9H,1-7,10-11H2/t14-/m0/s1. The number of hydrogen-bond acceptors (Lipinski definition) is 3. The van der Waals surface area contributed by atoms with Crippen LogP contribution in [0, 0.1) is 5.41 Å². The molecule has 2 saturated heterocycles. The van der Waals surface area contributed by atoms with Crippen LogP contribution in [-0.4, -0.2) is 46.9 Å². The molecule has 0 saturated carbocycles. The molecule has 5 nitrogen and oxygen atoms in total. The molecule has 0 N–H and O–H groups in total. The number of likely N-dealkylation sites (tertiary alicyclic amines) is 1. The highest BCUT2D eigenvalue weighted by Crippen LogP contribution is 2.37. The highest BCUT2D eigenvalue weighted by Gasteiger charge is 2.39. The van der Waals surface area contributed by atoms with Crippen molar-refractivity contribution in [3.05, 3.63) is 17.4 Å². The Morgan fingerprint density at radius 1 is 1.50 bits per heavy atom. The molecular weight excluding hydrogens is 278 g/mol. The molecule has 2 fully saturated rings. The molecule has 20 heavy (non-hydrogen) atoms. The molecule has 1 aromatic heterocycles. The predicted octanol–water partition coefficient (Wildman–Crippen LogP) is 1.96. The van der Waals surface area contributed by atoms with E-state index >= 15 is 0 Å². The van der Waals surface area contributed by atoms with Crippen molar-refractivity contribution in [3.8, 4) is 0 Å². The third-order valence-corrected chi connectivity index (χ3v) is 4.55. The third-order valence-electron chi connectivity index (χ3n) is 4.36. The number of hydrogen-bond donors (Lipinski definition) is 0. The van der Waals surface area contributed by atoms with Gasteiger partial charge in [0.2, 0.25) is 5.91 Å². The second kappa shape index (κ2) is 5.74. The lowest BCUT2D eigenvalue weighted by Gasteiger charge is -2.39. The van der Waals surface area contributed by atoms with Crippen molar-refractivity contribution in [1.82, 2.24) is 14.7 Å². The van der Waals surface area contributed by atoms with E-state index in [0.29, 0.717) is 18.0 Å². The van der Waals surface area contributed by atoms with Gasteiger partial charge in [-0.15, -0.1) is 0 Å². The summed E-state index contributed by atoms with van der Waals surface area (Å²) in [6.07, 6.45) is 7.18. The molecule has 1 amide bonds. The van der Waals surface area contributed by atoms with Gasteiger partial charge in [-0.25, -0.2) is 0 Å². The molecule has 1 spiro atoms. The minimum Gasteiger partial charge on any atom is -0.381 e. The molecule has 0 bridgehead atoms. The molecule has 2 aliphatic rings. The Balaban J connectivity index is 1.54. The highest BCUT2D eigenvalue weighted by molar-refractivity contribution is 6.30. The zero-order valence-electron chi connectivity index (χ0n) is 11.6. The van der Waals surface area contributed by atoms with Crippen LogP contribution in [0.5, 0.6) is 0 Å². The minimum absolute atomic E-state index is 0.211. The van der Waals surface area contributed by atoms with Gasteiger partial charge in [-0.2, -0.15) is 5.10 Å². The molecule has 2 aliphatic heterocycles. The van der Waals surface area contributed by atoms with Gasteiger partial charge < -0.3 is 9.64 Å². The van der Waals surface area contributed by atoms with E-state index in [1.165, 1.54) is 6.42 Å². The first-order chi connectivity index (χ1) is 9.67. The van der Waals surface area contributed by atoms with E-state index in [9.17, 15) is 4.79 Å². The van der Waals surface area contributed by atoms with Crippen LogP contribution in [-0.2, 0) is 16.1 Å². The van der Waals surface area contributed by atoms with E-state index in [2.05, 4.69) is 5.10 Å². The maximum absolute atomic E-state index is 12.3. The number of piperidine rings is 1. The largest absolute Gasteiger partial charge is 0.381 e. The number of nitrogens with zero attached hydrogens (tertiary/aromatic N) is 3. The van der Waals surface area contributed by atoms with Crippen molar-refractivity contribution in [2.75, 3.05) is 26.3 Å². The summed E-state index contributed by atoms with van der Waals surface area (Å²) in [7, 11) is 0. The van der Waals surface area contributed by atoms with E-state index in [4.69, 9.17) is 16.3 Å². The van der Waals surface area contributed by atoms with Crippen molar-refractivity contribution < 1.29 is 9.53 Å². The second-order valence-electron chi connectivity index (χ2n) is 5.89. The molecule has 0 aromatic carbocycles. The van der Waals surface area contributed by atoms with Gasteiger partial charge in [0.05, 0.1) is 17.8 Å². The van der Waals surface area contributed by atoms with Gasteiger partial charge >= 0.3 is 0 Å². The van der Waals surface area contributed by atoms with E-state index in [1.807, 2.05) is 4.90 Å². The van der Waals surface area contributed by atoms with Crippen LogP contribution >= 0.6 is 11.6 Å². The third kappa shape index (κ3) is 2.99. The number of amides is 1. The van der Waals surface area contributed by atoms with Gasteiger partial charge in [0, 0.05) is 44.3 Å². The topological polar surface area (TPSA) is 47.4 Å². The number of carbonyl (C=O) groups excluding carboxylic acids is 1. The lowest BCUT2D eigenvalue weighted by molar-refractivity contribution is -0.135. The Morgan fingerprint density at radius 2 is 2.40 bits per heavy atom. The van der Waals surface area contributed by atoms with Gasteiger partial charge in [-0.3, -0.25) is 9.48 Å². The average Bonchev–Trinajstić information content (AvgIpc) is 3.06. The molecule has 1 aromatic rings. The average molecular weight is 298 g/mol. The number of ether oxygens (including phenoxy) is 1. The van der Waals surface area contributed by atoms with Crippen LogP contribution in [0.1, 0.15) is 25.7 Å². The minimum atomic E-state index is 0.211. The van der Waals surface area contributed by atoms with E-state index in [-0.39, 0.29) is 11.3 Å². The van der Waals surface area contributed by atoms with Gasteiger partial charge in [-0.1, -0.05) is 11.6 Å². The van der Waals surface area contributed by atoms with Crippen LogP contribution in [0.15, 0.2) is 12.4 Å². The van der Waals surface area contributed by atoms with Gasteiger partial charge in [0.15, 0.2) is 0 Å². The van der Waals surface area contributed by atoms with Gasteiger partial charge in [-0.05, 0) is 19.3 Å². The molecule has 3 heterocycles. The predicted molar refractivity (Wildman–Crippen MR) is 75.5 cm³/mol. The Kier molecular flexibility index (Phi) is 3.98. The molecule has 6 heteroatoms. The van der Waals surface area contributed by atoms with Crippen molar-refractivity contribution >= 4 is 17.5 Å². The fourth-order valence-corrected chi connectivity index (χ4v) is 3.38. The summed E-state index contributed by atoms with van der Waals surface area (Å²) < 4.78 is 7.25. The molecule has 3 rings (SSSR count). The number of rotatable bonds is 3. The van der Waals surface area contributed by atoms with E-state index < -0.39 is 0 Å². The first-order valence-corrected chi connectivity index (χ1v) is 7.58. The SMILES string of the molecule is O=C(CCn1cc(Cl)cn1)N1CCC[C@]2(CCOC2)C1. The summed E-state index contributed by atoms with van der Waals surface area (Å²) in [4.78, 5) is 14.3. The maximum atomic E-state index is 12.3. The number of aromatic nitrogens is 2. The van der Waals surface area contributed by atoms with Crippen molar-refractivity contribution in [3.63, 3.8) is 0 Å². The monoisotopic (exact) mass is 297 g/mol. The van der Waals surface area contributed by atoms with Crippen LogP contribution in [0.3, 0.4) is 0 Å². The Hall–Kier alpha value is -1.07. The lowest BCUT2D eigenvalue weighted by atomic mass is 9.79. The van der Waals surface area contributed by atoms with Crippen LogP contribution in [0.2, 0.25) is 5.02 Å².